The minimum Gasteiger partial charge on any atom is -0.383 e. The van der Waals surface area contributed by atoms with Gasteiger partial charge in [-0.05, 0) is 37.1 Å². The van der Waals surface area contributed by atoms with Gasteiger partial charge in [0.15, 0.2) is 0 Å². The lowest BCUT2D eigenvalue weighted by atomic mass is 10.0. The Morgan fingerprint density at radius 3 is 2.71 bits per heavy atom. The number of aryl methyl sites for hydroxylation is 2. The first-order valence-electron chi connectivity index (χ1n) is 5.48. The van der Waals surface area contributed by atoms with Crippen LogP contribution in [0, 0.1) is 13.8 Å². The van der Waals surface area contributed by atoms with Crippen molar-refractivity contribution in [1.29, 1.82) is 0 Å². The Hall–Kier alpha value is -1.94. The van der Waals surface area contributed by atoms with Crippen LogP contribution in [0.4, 0.5) is 5.82 Å². The van der Waals surface area contributed by atoms with Crippen LogP contribution in [0.5, 0.6) is 0 Å². The van der Waals surface area contributed by atoms with Crippen molar-refractivity contribution in [3.8, 4) is 0 Å². The molecule has 0 amide bonds. The zero-order valence-electron chi connectivity index (χ0n) is 10.0. The van der Waals surface area contributed by atoms with E-state index in [1.165, 1.54) is 0 Å². The van der Waals surface area contributed by atoms with Crippen LogP contribution in [0.15, 0.2) is 30.6 Å². The van der Waals surface area contributed by atoms with Gasteiger partial charge in [-0.15, -0.1) is 0 Å². The van der Waals surface area contributed by atoms with Gasteiger partial charge in [-0.1, -0.05) is 6.07 Å². The van der Waals surface area contributed by atoms with Crippen molar-refractivity contribution >= 4 is 5.82 Å². The zero-order chi connectivity index (χ0) is 12.4. The summed E-state index contributed by atoms with van der Waals surface area (Å²) in [6.45, 7) is 3.95. The smallest absolute Gasteiger partial charge is 0.128 e. The fourth-order valence-corrected chi connectivity index (χ4v) is 1.82. The summed E-state index contributed by atoms with van der Waals surface area (Å²) in [7, 11) is 0. The van der Waals surface area contributed by atoms with Crippen LogP contribution in [0.2, 0.25) is 0 Å². The van der Waals surface area contributed by atoms with Gasteiger partial charge >= 0.3 is 0 Å². The van der Waals surface area contributed by atoms with Crippen molar-refractivity contribution in [1.82, 2.24) is 9.97 Å². The third-order valence-electron chi connectivity index (χ3n) is 2.77. The molecule has 0 fully saturated rings. The second kappa shape index (κ2) is 4.51. The van der Waals surface area contributed by atoms with Crippen molar-refractivity contribution in [2.45, 2.75) is 19.9 Å². The number of anilines is 1. The minimum atomic E-state index is -0.330. The zero-order valence-corrected chi connectivity index (χ0v) is 10.0. The fourth-order valence-electron chi connectivity index (χ4n) is 1.82. The first-order valence-corrected chi connectivity index (χ1v) is 5.48. The van der Waals surface area contributed by atoms with Crippen LogP contribution in [0.3, 0.4) is 0 Å². The van der Waals surface area contributed by atoms with Gasteiger partial charge in [0.05, 0.1) is 11.7 Å². The van der Waals surface area contributed by atoms with Gasteiger partial charge in [0.2, 0.25) is 0 Å². The van der Waals surface area contributed by atoms with E-state index in [0.717, 1.165) is 22.4 Å². The average Bonchev–Trinajstić information content (AvgIpc) is 2.32. The first-order chi connectivity index (χ1) is 8.09. The predicted molar refractivity (Wildman–Crippen MR) is 68.4 cm³/mol. The highest BCUT2D eigenvalue weighted by atomic mass is 14.9. The number of hydrogen-bond donors (Lipinski definition) is 2. The Bertz CT molecular complexity index is 537. The van der Waals surface area contributed by atoms with Crippen molar-refractivity contribution in [2.75, 3.05) is 5.73 Å². The molecular weight excluding hydrogens is 212 g/mol. The second-order valence-corrected chi connectivity index (χ2v) is 4.17. The van der Waals surface area contributed by atoms with E-state index in [2.05, 4.69) is 9.97 Å². The molecule has 1 unspecified atom stereocenters. The van der Waals surface area contributed by atoms with Crippen molar-refractivity contribution in [2.24, 2.45) is 5.73 Å². The minimum absolute atomic E-state index is 0.330. The molecule has 2 aromatic rings. The number of hydrogen-bond acceptors (Lipinski definition) is 4. The number of aromatic nitrogens is 2. The van der Waals surface area contributed by atoms with Crippen LogP contribution in [-0.2, 0) is 0 Å². The summed E-state index contributed by atoms with van der Waals surface area (Å²) in [5.41, 5.74) is 15.8. The summed E-state index contributed by atoms with van der Waals surface area (Å²) in [6.07, 6.45) is 3.47. The molecule has 4 N–H and O–H groups in total. The normalized spacial score (nSPS) is 12.4. The Morgan fingerprint density at radius 1 is 1.24 bits per heavy atom. The molecule has 2 rings (SSSR count). The first kappa shape index (κ1) is 11.5. The molecule has 1 atom stereocenters. The van der Waals surface area contributed by atoms with Gasteiger partial charge in [0, 0.05) is 18.0 Å². The highest BCUT2D eigenvalue weighted by Gasteiger charge is 2.16. The highest BCUT2D eigenvalue weighted by molar-refractivity contribution is 5.46. The van der Waals surface area contributed by atoms with E-state index < -0.39 is 0 Å². The van der Waals surface area contributed by atoms with Crippen LogP contribution >= 0.6 is 0 Å². The van der Waals surface area contributed by atoms with Crippen molar-refractivity contribution < 1.29 is 0 Å². The summed E-state index contributed by atoms with van der Waals surface area (Å²) >= 11 is 0. The number of nitrogens with zero attached hydrogens (tertiary/aromatic N) is 2. The molecule has 0 spiro atoms. The van der Waals surface area contributed by atoms with Crippen LogP contribution < -0.4 is 11.5 Å². The number of rotatable bonds is 2. The van der Waals surface area contributed by atoms with Crippen molar-refractivity contribution in [3.63, 3.8) is 0 Å². The summed E-state index contributed by atoms with van der Waals surface area (Å²) in [5, 5.41) is 0. The third kappa shape index (κ3) is 2.26. The lowest BCUT2D eigenvalue weighted by Gasteiger charge is -2.15. The van der Waals surface area contributed by atoms with Gasteiger partial charge in [0.25, 0.3) is 0 Å². The second-order valence-electron chi connectivity index (χ2n) is 4.17. The van der Waals surface area contributed by atoms with E-state index >= 15 is 0 Å². The van der Waals surface area contributed by atoms with E-state index in [1.54, 1.807) is 12.4 Å². The molecule has 4 heteroatoms. The van der Waals surface area contributed by atoms with E-state index in [9.17, 15) is 0 Å². The number of pyridine rings is 2. The monoisotopic (exact) mass is 228 g/mol. The molecule has 17 heavy (non-hydrogen) atoms. The lowest BCUT2D eigenvalue weighted by molar-refractivity contribution is 0.814. The van der Waals surface area contributed by atoms with Crippen molar-refractivity contribution in [3.05, 3.63) is 53.0 Å². The van der Waals surface area contributed by atoms with Gasteiger partial charge < -0.3 is 11.5 Å². The molecule has 0 aromatic carbocycles. The molecule has 4 nitrogen and oxygen atoms in total. The standard InChI is InChI=1S/C13H16N4/c1-8-6-10(13(15)17-7-8)11(14)12-9(2)4-3-5-16-12/h3-7,11H,14H2,1-2H3,(H2,15,17). The third-order valence-corrected chi connectivity index (χ3v) is 2.77. The number of nitrogens with two attached hydrogens (primary N) is 2. The fraction of sp³-hybridized carbons (Fsp3) is 0.231. The van der Waals surface area contributed by atoms with E-state index in [1.807, 2.05) is 32.0 Å². The summed E-state index contributed by atoms with van der Waals surface area (Å²) in [5.74, 6) is 0.466. The molecule has 88 valence electrons. The Kier molecular flexibility index (Phi) is 3.06. The van der Waals surface area contributed by atoms with E-state index in [4.69, 9.17) is 11.5 Å². The van der Waals surface area contributed by atoms with Crippen LogP contribution in [-0.4, -0.2) is 9.97 Å². The molecule has 0 saturated carbocycles. The van der Waals surface area contributed by atoms with Crippen LogP contribution in [0.25, 0.3) is 0 Å². The molecule has 0 aliphatic heterocycles. The molecule has 0 aliphatic carbocycles. The maximum absolute atomic E-state index is 6.20. The predicted octanol–water partition coefficient (Wildman–Crippen LogP) is 1.72. The topological polar surface area (TPSA) is 77.8 Å². The molecule has 0 radical (unpaired) electrons. The molecular formula is C13H16N4. The summed E-state index contributed by atoms with van der Waals surface area (Å²) in [6, 6.07) is 5.51. The van der Waals surface area contributed by atoms with Gasteiger partial charge in [0.1, 0.15) is 5.82 Å². The Balaban J connectivity index is 2.47. The summed E-state index contributed by atoms with van der Waals surface area (Å²) < 4.78 is 0. The maximum Gasteiger partial charge on any atom is 0.128 e. The highest BCUT2D eigenvalue weighted by Crippen LogP contribution is 2.24. The quantitative estimate of drug-likeness (QED) is 0.820. The lowest BCUT2D eigenvalue weighted by Crippen LogP contribution is -2.17. The summed E-state index contributed by atoms with van der Waals surface area (Å²) in [4.78, 5) is 8.44. The molecule has 2 aromatic heterocycles. The maximum atomic E-state index is 6.20. The van der Waals surface area contributed by atoms with Gasteiger partial charge in [-0.2, -0.15) is 0 Å². The molecule has 0 aliphatic rings. The van der Waals surface area contributed by atoms with Gasteiger partial charge in [-0.25, -0.2) is 4.98 Å². The van der Waals surface area contributed by atoms with Gasteiger partial charge in [-0.3, -0.25) is 4.98 Å². The Labute approximate surface area is 101 Å². The SMILES string of the molecule is Cc1cnc(N)c(C(N)c2ncccc2C)c1. The average molecular weight is 228 g/mol. The molecule has 0 bridgehead atoms. The van der Waals surface area contributed by atoms with Crippen LogP contribution in [0.1, 0.15) is 28.4 Å². The van der Waals surface area contributed by atoms with E-state index in [0.29, 0.717) is 5.82 Å². The molecule has 0 saturated heterocycles. The Morgan fingerprint density at radius 2 is 2.00 bits per heavy atom. The number of nitrogen functional groups attached to an aromatic ring is 1. The largest absolute Gasteiger partial charge is 0.383 e. The molecule has 2 heterocycles. The van der Waals surface area contributed by atoms with E-state index in [-0.39, 0.29) is 6.04 Å².